The van der Waals surface area contributed by atoms with Crippen LogP contribution in [0.1, 0.15) is 11.3 Å². The van der Waals surface area contributed by atoms with Gasteiger partial charge in [-0.2, -0.15) is 0 Å². The van der Waals surface area contributed by atoms with Crippen molar-refractivity contribution < 1.29 is 8.78 Å². The van der Waals surface area contributed by atoms with Crippen molar-refractivity contribution in [3.63, 3.8) is 0 Å². The summed E-state index contributed by atoms with van der Waals surface area (Å²) in [5.41, 5.74) is 1.42. The monoisotopic (exact) mass is 248 g/mol. The molecule has 0 saturated heterocycles. The molecule has 2 aromatic rings. The van der Waals surface area contributed by atoms with Gasteiger partial charge in [0.2, 0.25) is 0 Å². The van der Waals surface area contributed by atoms with Gasteiger partial charge in [0.15, 0.2) is 0 Å². The highest BCUT2D eigenvalue weighted by atomic mass is 19.1. The number of halogens is 2. The predicted molar refractivity (Wildman–Crippen MR) is 67.5 cm³/mol. The first-order valence-electron chi connectivity index (χ1n) is 5.76. The number of anilines is 1. The lowest BCUT2D eigenvalue weighted by Crippen LogP contribution is -2.07. The van der Waals surface area contributed by atoms with Crippen molar-refractivity contribution in [1.29, 1.82) is 0 Å². The van der Waals surface area contributed by atoms with E-state index in [1.165, 1.54) is 12.1 Å². The molecule has 1 aromatic carbocycles. The van der Waals surface area contributed by atoms with Gasteiger partial charge in [-0.3, -0.25) is 0 Å². The molecule has 0 aliphatic heterocycles. The van der Waals surface area contributed by atoms with Gasteiger partial charge in [-0.15, -0.1) is 0 Å². The summed E-state index contributed by atoms with van der Waals surface area (Å²) in [5, 5.41) is 3.10. The first-order chi connectivity index (χ1) is 8.65. The SMILES string of the molecule is Cc1cccc(NCCc2ccc(F)cc2F)n1. The molecule has 2 rings (SSSR count). The fourth-order valence-electron chi connectivity index (χ4n) is 1.69. The van der Waals surface area contributed by atoms with Crippen LogP contribution in [0.15, 0.2) is 36.4 Å². The van der Waals surface area contributed by atoms with Crippen LogP contribution < -0.4 is 5.32 Å². The summed E-state index contributed by atoms with van der Waals surface area (Å²) in [4.78, 5) is 4.28. The Balaban J connectivity index is 1.92. The molecule has 0 saturated carbocycles. The van der Waals surface area contributed by atoms with E-state index in [-0.39, 0.29) is 0 Å². The van der Waals surface area contributed by atoms with E-state index in [4.69, 9.17) is 0 Å². The largest absolute Gasteiger partial charge is 0.370 e. The minimum atomic E-state index is -0.551. The van der Waals surface area contributed by atoms with E-state index in [9.17, 15) is 8.78 Å². The number of rotatable bonds is 4. The Morgan fingerprint density at radius 2 is 2.00 bits per heavy atom. The average molecular weight is 248 g/mol. The normalized spacial score (nSPS) is 10.4. The molecule has 0 atom stereocenters. The molecule has 0 unspecified atom stereocenters. The van der Waals surface area contributed by atoms with Crippen LogP contribution in [0.3, 0.4) is 0 Å². The molecule has 2 nitrogen and oxygen atoms in total. The highest BCUT2D eigenvalue weighted by molar-refractivity contribution is 5.35. The van der Waals surface area contributed by atoms with Gasteiger partial charge in [-0.25, -0.2) is 13.8 Å². The summed E-state index contributed by atoms with van der Waals surface area (Å²) < 4.78 is 26.1. The fourth-order valence-corrected chi connectivity index (χ4v) is 1.69. The van der Waals surface area contributed by atoms with E-state index in [1.807, 2.05) is 25.1 Å². The second-order valence-electron chi connectivity index (χ2n) is 4.08. The molecular weight excluding hydrogens is 234 g/mol. The highest BCUT2D eigenvalue weighted by Crippen LogP contribution is 2.10. The maximum absolute atomic E-state index is 13.4. The summed E-state index contributed by atoms with van der Waals surface area (Å²) in [5.74, 6) is -0.295. The summed E-state index contributed by atoms with van der Waals surface area (Å²) in [6.07, 6.45) is 0.488. The maximum atomic E-state index is 13.4. The van der Waals surface area contributed by atoms with Gasteiger partial charge in [0.25, 0.3) is 0 Å². The Hall–Kier alpha value is -1.97. The molecule has 0 amide bonds. The Morgan fingerprint density at radius 3 is 2.72 bits per heavy atom. The van der Waals surface area contributed by atoms with Crippen LogP contribution in [0.25, 0.3) is 0 Å². The number of nitrogens with one attached hydrogen (secondary N) is 1. The number of pyridine rings is 1. The number of aryl methyl sites for hydroxylation is 1. The van der Waals surface area contributed by atoms with Crippen LogP contribution in [-0.2, 0) is 6.42 Å². The van der Waals surface area contributed by atoms with Crippen LogP contribution in [0.5, 0.6) is 0 Å². The van der Waals surface area contributed by atoms with Crippen molar-refractivity contribution in [2.24, 2.45) is 0 Å². The molecule has 4 heteroatoms. The summed E-state index contributed by atoms with van der Waals surface area (Å²) in [6, 6.07) is 9.31. The Morgan fingerprint density at radius 1 is 1.17 bits per heavy atom. The van der Waals surface area contributed by atoms with Crippen LogP contribution in [0, 0.1) is 18.6 Å². The number of hydrogen-bond acceptors (Lipinski definition) is 2. The minimum absolute atomic E-state index is 0.488. The van der Waals surface area contributed by atoms with Gasteiger partial charge in [-0.05, 0) is 37.1 Å². The molecule has 0 spiro atoms. The number of benzene rings is 1. The smallest absolute Gasteiger partial charge is 0.129 e. The zero-order valence-electron chi connectivity index (χ0n) is 10.1. The molecule has 18 heavy (non-hydrogen) atoms. The third kappa shape index (κ3) is 3.26. The molecule has 1 aromatic heterocycles. The van der Waals surface area contributed by atoms with Crippen LogP contribution >= 0.6 is 0 Å². The third-order valence-electron chi connectivity index (χ3n) is 2.60. The van der Waals surface area contributed by atoms with Crippen LogP contribution in [0.2, 0.25) is 0 Å². The molecule has 0 aliphatic rings. The molecule has 1 heterocycles. The fraction of sp³-hybridized carbons (Fsp3) is 0.214. The van der Waals surface area contributed by atoms with E-state index in [0.717, 1.165) is 17.6 Å². The lowest BCUT2D eigenvalue weighted by molar-refractivity contribution is 0.572. The highest BCUT2D eigenvalue weighted by Gasteiger charge is 2.03. The maximum Gasteiger partial charge on any atom is 0.129 e. The lowest BCUT2D eigenvalue weighted by atomic mass is 10.1. The van der Waals surface area contributed by atoms with Crippen LogP contribution in [0.4, 0.5) is 14.6 Å². The third-order valence-corrected chi connectivity index (χ3v) is 2.60. The molecule has 0 aliphatic carbocycles. The van der Waals surface area contributed by atoms with E-state index in [2.05, 4.69) is 10.3 Å². The molecule has 0 bridgehead atoms. The quantitative estimate of drug-likeness (QED) is 0.897. The Kier molecular flexibility index (Phi) is 3.87. The van der Waals surface area contributed by atoms with Gasteiger partial charge in [0, 0.05) is 18.3 Å². The summed E-state index contributed by atoms with van der Waals surface area (Å²) in [7, 11) is 0. The van der Waals surface area contributed by atoms with Crippen LogP contribution in [-0.4, -0.2) is 11.5 Å². The van der Waals surface area contributed by atoms with Crippen molar-refractivity contribution in [3.8, 4) is 0 Å². The summed E-state index contributed by atoms with van der Waals surface area (Å²) >= 11 is 0. The molecule has 0 radical (unpaired) electrons. The van der Waals surface area contributed by atoms with Gasteiger partial charge >= 0.3 is 0 Å². The summed E-state index contributed by atoms with van der Waals surface area (Å²) in [6.45, 7) is 2.46. The van der Waals surface area contributed by atoms with Crippen molar-refractivity contribution in [3.05, 3.63) is 59.3 Å². The minimum Gasteiger partial charge on any atom is -0.370 e. The topological polar surface area (TPSA) is 24.9 Å². The second-order valence-corrected chi connectivity index (χ2v) is 4.08. The van der Waals surface area contributed by atoms with Gasteiger partial charge in [-0.1, -0.05) is 12.1 Å². The Bertz CT molecular complexity index is 541. The molecule has 0 fully saturated rings. The van der Waals surface area contributed by atoms with Gasteiger partial charge < -0.3 is 5.32 Å². The first-order valence-corrected chi connectivity index (χ1v) is 5.76. The van der Waals surface area contributed by atoms with Crippen molar-refractivity contribution >= 4 is 5.82 Å². The predicted octanol–water partition coefficient (Wildman–Crippen LogP) is 3.32. The van der Waals surface area contributed by atoms with E-state index >= 15 is 0 Å². The Labute approximate surface area is 105 Å². The lowest BCUT2D eigenvalue weighted by Gasteiger charge is -2.07. The van der Waals surface area contributed by atoms with E-state index in [1.54, 1.807) is 0 Å². The zero-order valence-corrected chi connectivity index (χ0v) is 10.1. The van der Waals surface area contributed by atoms with E-state index < -0.39 is 11.6 Å². The van der Waals surface area contributed by atoms with Gasteiger partial charge in [0.05, 0.1) is 0 Å². The number of aromatic nitrogens is 1. The number of hydrogen-bond donors (Lipinski definition) is 1. The van der Waals surface area contributed by atoms with Gasteiger partial charge in [0.1, 0.15) is 17.5 Å². The first kappa shape index (κ1) is 12.5. The zero-order chi connectivity index (χ0) is 13.0. The van der Waals surface area contributed by atoms with Crippen molar-refractivity contribution in [2.75, 3.05) is 11.9 Å². The molecule has 94 valence electrons. The molecule has 1 N–H and O–H groups in total. The van der Waals surface area contributed by atoms with Crippen molar-refractivity contribution in [2.45, 2.75) is 13.3 Å². The second kappa shape index (κ2) is 5.58. The average Bonchev–Trinajstić information content (AvgIpc) is 2.32. The van der Waals surface area contributed by atoms with Crippen molar-refractivity contribution in [1.82, 2.24) is 4.98 Å². The molecular formula is C14H14F2N2. The standard InChI is InChI=1S/C14H14F2N2/c1-10-3-2-4-14(18-10)17-8-7-11-5-6-12(15)9-13(11)16/h2-6,9H,7-8H2,1H3,(H,17,18). The van der Waals surface area contributed by atoms with E-state index in [0.29, 0.717) is 18.5 Å². The number of nitrogens with zero attached hydrogens (tertiary/aromatic N) is 1.